The largest absolute Gasteiger partial charge is 0.497 e. The van der Waals surface area contributed by atoms with E-state index in [1.54, 1.807) is 27.4 Å². The number of benzene rings is 3. The SMILES string of the molecule is COc1ccc(CN(Cc2ccc(OC)cc2)c2cc(OC)c(-c3cocn3)cc2C=O)cc1. The van der Waals surface area contributed by atoms with Gasteiger partial charge in [-0.25, -0.2) is 4.98 Å². The Hall–Kier alpha value is -4.26. The second kappa shape index (κ2) is 10.6. The van der Waals surface area contributed by atoms with Gasteiger partial charge in [-0.2, -0.15) is 0 Å². The van der Waals surface area contributed by atoms with E-state index in [2.05, 4.69) is 9.88 Å². The lowest BCUT2D eigenvalue weighted by atomic mass is 10.0. The van der Waals surface area contributed by atoms with Crippen molar-refractivity contribution in [1.82, 2.24) is 4.98 Å². The molecule has 1 aromatic heterocycles. The van der Waals surface area contributed by atoms with E-state index < -0.39 is 0 Å². The van der Waals surface area contributed by atoms with Gasteiger partial charge < -0.3 is 23.5 Å². The number of aromatic nitrogens is 1. The smallest absolute Gasteiger partial charge is 0.181 e. The molecule has 3 aromatic carbocycles. The van der Waals surface area contributed by atoms with Gasteiger partial charge in [0.25, 0.3) is 0 Å². The Morgan fingerprint density at radius 3 is 1.88 bits per heavy atom. The van der Waals surface area contributed by atoms with Crippen LogP contribution in [0.25, 0.3) is 11.3 Å². The molecule has 4 aromatic rings. The third-order valence-corrected chi connectivity index (χ3v) is 5.59. The molecule has 0 unspecified atom stereocenters. The lowest BCUT2D eigenvalue weighted by Crippen LogP contribution is -2.23. The van der Waals surface area contributed by atoms with Crippen molar-refractivity contribution in [2.24, 2.45) is 0 Å². The Bertz CT molecular complexity index is 1170. The number of rotatable bonds is 10. The van der Waals surface area contributed by atoms with Crippen molar-refractivity contribution in [2.45, 2.75) is 13.1 Å². The normalized spacial score (nSPS) is 10.6. The molecule has 174 valence electrons. The number of aldehydes is 1. The van der Waals surface area contributed by atoms with Crippen LogP contribution in [0.2, 0.25) is 0 Å². The highest BCUT2D eigenvalue weighted by molar-refractivity contribution is 5.89. The Balaban J connectivity index is 1.76. The first kappa shape index (κ1) is 22.9. The van der Waals surface area contributed by atoms with Crippen LogP contribution in [0.1, 0.15) is 21.5 Å². The van der Waals surface area contributed by atoms with E-state index in [1.807, 2.05) is 54.6 Å². The van der Waals surface area contributed by atoms with Crippen LogP contribution in [-0.4, -0.2) is 32.6 Å². The minimum absolute atomic E-state index is 0.529. The van der Waals surface area contributed by atoms with Gasteiger partial charge in [-0.05, 0) is 41.5 Å². The summed E-state index contributed by atoms with van der Waals surface area (Å²) < 4.78 is 21.4. The van der Waals surface area contributed by atoms with Crippen molar-refractivity contribution < 1.29 is 23.4 Å². The van der Waals surface area contributed by atoms with Crippen molar-refractivity contribution in [3.05, 3.63) is 90.0 Å². The van der Waals surface area contributed by atoms with E-state index in [1.165, 1.54) is 12.7 Å². The standard InChI is InChI=1S/C27H26N2O5/c1-31-22-8-4-19(5-9-22)14-29(15-20-6-10-23(32-2)11-7-20)26-13-27(33-3)24(12-21(26)16-30)25-17-34-18-28-25/h4-13,16-18H,14-15H2,1-3H3. The predicted octanol–water partition coefficient (Wildman–Crippen LogP) is 5.39. The lowest BCUT2D eigenvalue weighted by molar-refractivity contribution is 0.112. The maximum atomic E-state index is 12.2. The number of ether oxygens (including phenoxy) is 3. The molecule has 0 atom stereocenters. The first-order chi connectivity index (χ1) is 16.6. The van der Waals surface area contributed by atoms with Gasteiger partial charge in [-0.3, -0.25) is 4.79 Å². The van der Waals surface area contributed by atoms with Gasteiger partial charge in [-0.1, -0.05) is 24.3 Å². The zero-order valence-electron chi connectivity index (χ0n) is 19.4. The Morgan fingerprint density at radius 1 is 0.853 bits per heavy atom. The summed E-state index contributed by atoms with van der Waals surface area (Å²) >= 11 is 0. The van der Waals surface area contributed by atoms with Crippen molar-refractivity contribution in [2.75, 3.05) is 26.2 Å². The Kier molecular flexibility index (Phi) is 7.13. The van der Waals surface area contributed by atoms with E-state index in [0.29, 0.717) is 35.7 Å². The first-order valence-corrected chi connectivity index (χ1v) is 10.7. The van der Waals surface area contributed by atoms with Crippen LogP contribution >= 0.6 is 0 Å². The molecule has 0 saturated carbocycles. The van der Waals surface area contributed by atoms with Crippen molar-refractivity contribution in [3.8, 4) is 28.5 Å². The second-order valence-electron chi connectivity index (χ2n) is 7.66. The topological polar surface area (TPSA) is 74.0 Å². The van der Waals surface area contributed by atoms with Crippen molar-refractivity contribution >= 4 is 12.0 Å². The van der Waals surface area contributed by atoms with Gasteiger partial charge in [0, 0.05) is 30.3 Å². The number of methoxy groups -OCH3 is 3. The quantitative estimate of drug-likeness (QED) is 0.295. The van der Waals surface area contributed by atoms with Gasteiger partial charge in [-0.15, -0.1) is 0 Å². The average molecular weight is 459 g/mol. The van der Waals surface area contributed by atoms with Crippen LogP contribution in [-0.2, 0) is 13.1 Å². The van der Waals surface area contributed by atoms with Crippen LogP contribution in [0.4, 0.5) is 5.69 Å². The van der Waals surface area contributed by atoms with Gasteiger partial charge in [0.15, 0.2) is 12.7 Å². The second-order valence-corrected chi connectivity index (χ2v) is 7.66. The molecule has 0 spiro atoms. The summed E-state index contributed by atoms with van der Waals surface area (Å²) in [4.78, 5) is 18.5. The molecule has 0 saturated heterocycles. The summed E-state index contributed by atoms with van der Waals surface area (Å²) in [5, 5.41) is 0. The zero-order chi connectivity index (χ0) is 23.9. The van der Waals surface area contributed by atoms with Crippen LogP contribution in [0.5, 0.6) is 17.2 Å². The maximum absolute atomic E-state index is 12.2. The molecular weight excluding hydrogens is 432 g/mol. The highest BCUT2D eigenvalue weighted by Gasteiger charge is 2.19. The highest BCUT2D eigenvalue weighted by atomic mass is 16.5. The summed E-state index contributed by atoms with van der Waals surface area (Å²) in [6.45, 7) is 1.15. The van der Waals surface area contributed by atoms with Crippen LogP contribution in [0, 0.1) is 0 Å². The summed E-state index contributed by atoms with van der Waals surface area (Å²) in [6, 6.07) is 19.4. The molecule has 4 rings (SSSR count). The summed E-state index contributed by atoms with van der Waals surface area (Å²) in [6.07, 6.45) is 3.73. The van der Waals surface area contributed by atoms with E-state index in [-0.39, 0.29) is 0 Å². The fourth-order valence-corrected chi connectivity index (χ4v) is 3.80. The van der Waals surface area contributed by atoms with Gasteiger partial charge in [0.05, 0.1) is 27.0 Å². The van der Waals surface area contributed by atoms with Crippen LogP contribution in [0.15, 0.2) is 77.7 Å². The van der Waals surface area contributed by atoms with E-state index in [0.717, 1.165) is 34.6 Å². The van der Waals surface area contributed by atoms with Gasteiger partial charge >= 0.3 is 0 Å². The molecule has 0 N–H and O–H groups in total. The van der Waals surface area contributed by atoms with Gasteiger partial charge in [0.1, 0.15) is 29.2 Å². The van der Waals surface area contributed by atoms with Gasteiger partial charge in [0.2, 0.25) is 0 Å². The average Bonchev–Trinajstić information content (AvgIpc) is 3.43. The third-order valence-electron chi connectivity index (χ3n) is 5.59. The summed E-state index contributed by atoms with van der Waals surface area (Å²) in [5.41, 5.74) is 4.72. The van der Waals surface area contributed by atoms with E-state index >= 15 is 0 Å². The highest BCUT2D eigenvalue weighted by Crippen LogP contribution is 2.36. The molecule has 1 heterocycles. The Labute approximate surface area is 198 Å². The minimum Gasteiger partial charge on any atom is -0.497 e. The molecule has 0 radical (unpaired) electrons. The van der Waals surface area contributed by atoms with Crippen molar-refractivity contribution in [3.63, 3.8) is 0 Å². The molecule has 7 nitrogen and oxygen atoms in total. The molecule has 0 fully saturated rings. The molecule has 7 heteroatoms. The number of nitrogens with zero attached hydrogens (tertiary/aromatic N) is 2. The summed E-state index contributed by atoms with van der Waals surface area (Å²) in [5.74, 6) is 2.18. The van der Waals surface area contributed by atoms with E-state index in [4.69, 9.17) is 18.6 Å². The van der Waals surface area contributed by atoms with Crippen LogP contribution < -0.4 is 19.1 Å². The molecule has 34 heavy (non-hydrogen) atoms. The summed E-state index contributed by atoms with van der Waals surface area (Å²) in [7, 11) is 4.88. The number of anilines is 1. The zero-order valence-corrected chi connectivity index (χ0v) is 19.4. The number of oxazole rings is 1. The lowest BCUT2D eigenvalue weighted by Gasteiger charge is -2.28. The molecule has 0 aliphatic carbocycles. The molecule has 0 amide bonds. The third kappa shape index (κ3) is 5.04. The molecule has 0 aliphatic rings. The predicted molar refractivity (Wildman–Crippen MR) is 130 cm³/mol. The number of hydrogen-bond acceptors (Lipinski definition) is 7. The fraction of sp³-hybridized carbons (Fsp3) is 0.185. The molecular formula is C27H26N2O5. The monoisotopic (exact) mass is 458 g/mol. The molecule has 0 bridgehead atoms. The minimum atomic E-state index is 0.529. The maximum Gasteiger partial charge on any atom is 0.181 e. The fourth-order valence-electron chi connectivity index (χ4n) is 3.80. The first-order valence-electron chi connectivity index (χ1n) is 10.7. The van der Waals surface area contributed by atoms with E-state index in [9.17, 15) is 4.79 Å². The number of carbonyl (C=O) groups is 1. The van der Waals surface area contributed by atoms with Crippen LogP contribution in [0.3, 0.4) is 0 Å². The van der Waals surface area contributed by atoms with Crippen molar-refractivity contribution in [1.29, 1.82) is 0 Å². The number of carbonyl (C=O) groups excluding carboxylic acids is 1. The number of hydrogen-bond donors (Lipinski definition) is 0. The Morgan fingerprint density at radius 2 is 1.44 bits per heavy atom. The molecule has 0 aliphatic heterocycles.